The molecular weight excluding hydrogens is 424 g/mol. The number of ether oxygens (including phenoxy) is 1. The first kappa shape index (κ1) is 22.5. The van der Waals surface area contributed by atoms with E-state index in [1.807, 2.05) is 20.8 Å². The highest BCUT2D eigenvalue weighted by Crippen LogP contribution is 2.35. The van der Waals surface area contributed by atoms with E-state index >= 15 is 0 Å². The van der Waals surface area contributed by atoms with E-state index < -0.39 is 11.5 Å². The number of rotatable bonds is 7. The number of primary amides is 1. The minimum atomic E-state index is -0.638. The van der Waals surface area contributed by atoms with Gasteiger partial charge in [-0.1, -0.05) is 29.4 Å². The van der Waals surface area contributed by atoms with Crippen molar-refractivity contribution in [2.24, 2.45) is 5.73 Å². The summed E-state index contributed by atoms with van der Waals surface area (Å²) in [7, 11) is 0. The van der Waals surface area contributed by atoms with Gasteiger partial charge in [0.2, 0.25) is 11.8 Å². The Labute approximate surface area is 191 Å². The first-order valence-corrected chi connectivity index (χ1v) is 10.9. The highest BCUT2D eigenvalue weighted by molar-refractivity contribution is 6.03. The van der Waals surface area contributed by atoms with Gasteiger partial charge in [-0.25, -0.2) is 4.68 Å². The molecule has 1 aromatic carbocycles. The fraction of sp³-hybridized carbons (Fsp3) is 0.391. The number of carbonyl (C=O) groups is 2. The average Bonchev–Trinajstić information content (AvgIpc) is 3.48. The third-order valence-electron chi connectivity index (χ3n) is 5.81. The van der Waals surface area contributed by atoms with Crippen LogP contribution in [0.25, 0.3) is 11.3 Å². The number of nitrogens with two attached hydrogens (primary N) is 2. The number of nitrogens with zero attached hydrogens (tertiary/aromatic N) is 3. The van der Waals surface area contributed by atoms with Gasteiger partial charge < -0.3 is 20.7 Å². The van der Waals surface area contributed by atoms with Gasteiger partial charge in [-0.2, -0.15) is 5.10 Å². The van der Waals surface area contributed by atoms with Crippen molar-refractivity contribution in [2.45, 2.75) is 51.7 Å². The molecule has 1 saturated heterocycles. The standard InChI is InChI=1S/C23H28N6O4/c1-13(2)29-21(24)19(22(25)31)20(27-29)15-7-5-14(6-8-15)11-17(30)26-18-12-16(28-33-18)23(3)9-4-10-32-23/h5-8,12-13H,4,9-11,24H2,1-3H3,(H2,25,31)(H,26,30). The molecule has 0 spiro atoms. The van der Waals surface area contributed by atoms with Gasteiger partial charge in [0.15, 0.2) is 0 Å². The summed E-state index contributed by atoms with van der Waals surface area (Å²) in [6.07, 6.45) is 1.96. The SMILES string of the molecule is CC(C)n1nc(-c2ccc(CC(=O)Nc3cc(C4(C)CCCO4)no3)cc2)c(C(N)=O)c1N. The molecular formula is C23H28N6O4. The van der Waals surface area contributed by atoms with E-state index in [1.54, 1.807) is 35.0 Å². The number of nitrogens with one attached hydrogen (secondary N) is 1. The van der Waals surface area contributed by atoms with Crippen molar-refractivity contribution in [3.05, 3.63) is 47.2 Å². The number of aromatic nitrogens is 3. The summed E-state index contributed by atoms with van der Waals surface area (Å²) < 4.78 is 12.6. The maximum atomic E-state index is 12.5. The maximum Gasteiger partial charge on any atom is 0.254 e. The molecule has 10 heteroatoms. The fourth-order valence-corrected chi connectivity index (χ4v) is 4.00. The molecule has 0 saturated carbocycles. The van der Waals surface area contributed by atoms with E-state index in [4.69, 9.17) is 20.7 Å². The van der Waals surface area contributed by atoms with Crippen LogP contribution >= 0.6 is 0 Å². The molecule has 10 nitrogen and oxygen atoms in total. The highest BCUT2D eigenvalue weighted by atomic mass is 16.5. The molecule has 174 valence electrons. The van der Waals surface area contributed by atoms with Gasteiger partial charge in [-0.3, -0.25) is 14.9 Å². The number of carbonyl (C=O) groups excluding carboxylic acids is 2. The molecule has 1 fully saturated rings. The quantitative estimate of drug-likeness (QED) is 0.498. The Bertz CT molecular complexity index is 1170. The van der Waals surface area contributed by atoms with E-state index in [0.29, 0.717) is 23.6 Å². The average molecular weight is 453 g/mol. The molecule has 1 aliphatic heterocycles. The summed E-state index contributed by atoms with van der Waals surface area (Å²) in [5.41, 5.74) is 13.9. The second-order valence-corrected chi connectivity index (χ2v) is 8.69. The van der Waals surface area contributed by atoms with Crippen LogP contribution in [-0.2, 0) is 21.6 Å². The van der Waals surface area contributed by atoms with Gasteiger partial charge in [0, 0.05) is 24.3 Å². The second-order valence-electron chi connectivity index (χ2n) is 8.69. The zero-order valence-corrected chi connectivity index (χ0v) is 18.9. The third kappa shape index (κ3) is 4.47. The number of benzene rings is 1. The normalized spacial score (nSPS) is 18.1. The molecule has 1 unspecified atom stereocenters. The van der Waals surface area contributed by atoms with Crippen LogP contribution in [0.15, 0.2) is 34.9 Å². The van der Waals surface area contributed by atoms with Gasteiger partial charge in [0.05, 0.1) is 6.42 Å². The lowest BCUT2D eigenvalue weighted by Crippen LogP contribution is -2.20. The lowest BCUT2D eigenvalue weighted by molar-refractivity contribution is -0.115. The van der Waals surface area contributed by atoms with Gasteiger partial charge >= 0.3 is 0 Å². The molecule has 3 aromatic rings. The third-order valence-corrected chi connectivity index (χ3v) is 5.81. The minimum absolute atomic E-state index is 0.0285. The smallest absolute Gasteiger partial charge is 0.254 e. The van der Waals surface area contributed by atoms with Crippen molar-refractivity contribution < 1.29 is 18.8 Å². The van der Waals surface area contributed by atoms with Crippen molar-refractivity contribution in [2.75, 3.05) is 17.7 Å². The van der Waals surface area contributed by atoms with Crippen LogP contribution in [0.4, 0.5) is 11.7 Å². The van der Waals surface area contributed by atoms with Gasteiger partial charge in [0.1, 0.15) is 28.4 Å². The number of amides is 2. The lowest BCUT2D eigenvalue weighted by atomic mass is 9.99. The Kier molecular flexibility index (Phi) is 5.94. The van der Waals surface area contributed by atoms with E-state index in [9.17, 15) is 9.59 Å². The van der Waals surface area contributed by atoms with Crippen LogP contribution in [0.2, 0.25) is 0 Å². The molecule has 33 heavy (non-hydrogen) atoms. The monoisotopic (exact) mass is 452 g/mol. The summed E-state index contributed by atoms with van der Waals surface area (Å²) in [5.74, 6) is -0.362. The first-order chi connectivity index (χ1) is 15.7. The largest absolute Gasteiger partial charge is 0.383 e. The van der Waals surface area contributed by atoms with Gasteiger partial charge in [-0.15, -0.1) is 0 Å². The van der Waals surface area contributed by atoms with Gasteiger partial charge in [-0.05, 0) is 39.2 Å². The van der Waals surface area contributed by atoms with E-state index in [2.05, 4.69) is 15.6 Å². The lowest BCUT2D eigenvalue weighted by Gasteiger charge is -2.18. The molecule has 1 atom stereocenters. The van der Waals surface area contributed by atoms with Crippen molar-refractivity contribution in [1.29, 1.82) is 0 Å². The van der Waals surface area contributed by atoms with Crippen LogP contribution < -0.4 is 16.8 Å². The molecule has 3 heterocycles. The molecule has 4 rings (SSSR count). The predicted octanol–water partition coefficient (Wildman–Crippen LogP) is 3.01. The van der Waals surface area contributed by atoms with Gasteiger partial charge in [0.25, 0.3) is 5.91 Å². The molecule has 0 radical (unpaired) electrons. The highest BCUT2D eigenvalue weighted by Gasteiger charge is 2.35. The van der Waals surface area contributed by atoms with Crippen molar-refractivity contribution in [1.82, 2.24) is 14.9 Å². The van der Waals surface area contributed by atoms with Crippen LogP contribution in [0, 0.1) is 0 Å². The van der Waals surface area contributed by atoms with Crippen molar-refractivity contribution in [3.63, 3.8) is 0 Å². The fourth-order valence-electron chi connectivity index (χ4n) is 4.00. The topological polar surface area (TPSA) is 151 Å². The number of hydrogen-bond donors (Lipinski definition) is 3. The van der Waals surface area contributed by atoms with Crippen LogP contribution in [0.1, 0.15) is 61.3 Å². The molecule has 5 N–H and O–H groups in total. The van der Waals surface area contributed by atoms with E-state index in [0.717, 1.165) is 18.4 Å². The summed E-state index contributed by atoms with van der Waals surface area (Å²) >= 11 is 0. The Balaban J connectivity index is 1.45. The summed E-state index contributed by atoms with van der Waals surface area (Å²) in [6, 6.07) is 8.83. The molecule has 2 aromatic heterocycles. The number of anilines is 2. The van der Waals surface area contributed by atoms with Crippen molar-refractivity contribution in [3.8, 4) is 11.3 Å². The summed E-state index contributed by atoms with van der Waals surface area (Å²) in [4.78, 5) is 24.4. The zero-order valence-electron chi connectivity index (χ0n) is 18.9. The van der Waals surface area contributed by atoms with Crippen LogP contribution in [0.3, 0.4) is 0 Å². The number of nitrogen functional groups attached to an aromatic ring is 1. The minimum Gasteiger partial charge on any atom is -0.383 e. The molecule has 0 bridgehead atoms. The Morgan fingerprint density at radius 1 is 1.27 bits per heavy atom. The Hall–Kier alpha value is -3.66. The first-order valence-electron chi connectivity index (χ1n) is 10.9. The molecule has 1 aliphatic rings. The predicted molar refractivity (Wildman–Crippen MR) is 122 cm³/mol. The second kappa shape index (κ2) is 8.70. The maximum absolute atomic E-state index is 12.5. The Morgan fingerprint density at radius 3 is 2.61 bits per heavy atom. The van der Waals surface area contributed by atoms with E-state index in [1.165, 1.54) is 0 Å². The van der Waals surface area contributed by atoms with Crippen molar-refractivity contribution >= 4 is 23.5 Å². The number of hydrogen-bond acceptors (Lipinski definition) is 7. The summed E-state index contributed by atoms with van der Waals surface area (Å²) in [6.45, 7) is 6.48. The Morgan fingerprint density at radius 2 is 2.00 bits per heavy atom. The molecule has 2 amide bonds. The zero-order chi connectivity index (χ0) is 23.8. The summed E-state index contributed by atoms with van der Waals surface area (Å²) in [5, 5.41) is 11.2. The molecule has 0 aliphatic carbocycles. The van der Waals surface area contributed by atoms with E-state index in [-0.39, 0.29) is 35.6 Å². The van der Waals surface area contributed by atoms with Crippen LogP contribution in [0.5, 0.6) is 0 Å². The van der Waals surface area contributed by atoms with Crippen LogP contribution in [-0.4, -0.2) is 33.4 Å².